The molecule has 2 heteroatoms. The van der Waals surface area contributed by atoms with E-state index < -0.39 is 0 Å². The van der Waals surface area contributed by atoms with Crippen LogP contribution >= 0.6 is 0 Å². The van der Waals surface area contributed by atoms with Crippen molar-refractivity contribution < 1.29 is 9.53 Å². The predicted molar refractivity (Wildman–Crippen MR) is 78.7 cm³/mol. The third kappa shape index (κ3) is 1.67. The van der Waals surface area contributed by atoms with E-state index in [0.29, 0.717) is 17.6 Å². The number of methoxy groups -OCH3 is 1. The molecule has 3 aliphatic rings. The SMILES string of the molecule is COc1ccc2c(c1)CCC1=C2CC[C@@H]2C(=O)CC[C@H]12. The van der Waals surface area contributed by atoms with Gasteiger partial charge in [-0.05, 0) is 66.9 Å². The number of Topliss-reactive ketones (excluding diaryl/α,β-unsaturated/α-hetero) is 1. The maximum Gasteiger partial charge on any atom is 0.136 e. The van der Waals surface area contributed by atoms with Crippen LogP contribution in [0.4, 0.5) is 0 Å². The van der Waals surface area contributed by atoms with Crippen molar-refractivity contribution in [2.24, 2.45) is 11.8 Å². The van der Waals surface area contributed by atoms with Gasteiger partial charge in [0, 0.05) is 12.3 Å². The zero-order valence-corrected chi connectivity index (χ0v) is 11.9. The van der Waals surface area contributed by atoms with Crippen molar-refractivity contribution in [3.8, 4) is 5.75 Å². The van der Waals surface area contributed by atoms with E-state index in [-0.39, 0.29) is 0 Å². The first kappa shape index (κ1) is 12.2. The minimum atomic E-state index is 0.341. The molecular weight excluding hydrogens is 248 g/mol. The van der Waals surface area contributed by atoms with Crippen molar-refractivity contribution in [3.63, 3.8) is 0 Å². The summed E-state index contributed by atoms with van der Waals surface area (Å²) in [5.74, 6) is 2.37. The highest BCUT2D eigenvalue weighted by Crippen LogP contribution is 2.50. The van der Waals surface area contributed by atoms with E-state index in [4.69, 9.17) is 4.74 Å². The number of ketones is 1. The number of carbonyl (C=O) groups is 1. The highest BCUT2D eigenvalue weighted by molar-refractivity contribution is 5.87. The Hall–Kier alpha value is -1.57. The van der Waals surface area contributed by atoms with Gasteiger partial charge in [0.1, 0.15) is 11.5 Å². The van der Waals surface area contributed by atoms with Crippen LogP contribution in [0.1, 0.15) is 43.2 Å². The number of allylic oxidation sites excluding steroid dienone is 2. The maximum atomic E-state index is 12.0. The van der Waals surface area contributed by atoms with E-state index in [9.17, 15) is 4.79 Å². The number of rotatable bonds is 1. The van der Waals surface area contributed by atoms with Gasteiger partial charge in [0.15, 0.2) is 0 Å². The standard InChI is InChI=1S/C18H20O2/c1-20-12-3-5-13-11(10-12)2-4-15-14(13)6-7-17-16(15)8-9-18(17)19/h3,5,10,16-17H,2,4,6-9H2,1H3/t16-,17+/m1/s1. The van der Waals surface area contributed by atoms with Crippen LogP contribution in [0.15, 0.2) is 23.8 Å². The van der Waals surface area contributed by atoms with E-state index in [0.717, 1.165) is 44.3 Å². The van der Waals surface area contributed by atoms with Gasteiger partial charge >= 0.3 is 0 Å². The van der Waals surface area contributed by atoms with Crippen molar-refractivity contribution in [1.29, 1.82) is 0 Å². The van der Waals surface area contributed by atoms with Gasteiger partial charge in [-0.3, -0.25) is 4.79 Å². The lowest BCUT2D eigenvalue weighted by molar-refractivity contribution is -0.121. The van der Waals surface area contributed by atoms with Crippen molar-refractivity contribution >= 4 is 11.4 Å². The Labute approximate surface area is 119 Å². The van der Waals surface area contributed by atoms with Gasteiger partial charge in [-0.15, -0.1) is 0 Å². The number of benzene rings is 1. The van der Waals surface area contributed by atoms with Gasteiger partial charge in [0.25, 0.3) is 0 Å². The number of aryl methyl sites for hydroxylation is 1. The molecule has 0 bridgehead atoms. The van der Waals surface area contributed by atoms with E-state index in [1.54, 1.807) is 18.3 Å². The van der Waals surface area contributed by atoms with Gasteiger partial charge in [-0.1, -0.05) is 11.6 Å². The van der Waals surface area contributed by atoms with Gasteiger partial charge in [0.2, 0.25) is 0 Å². The third-order valence-electron chi connectivity index (χ3n) is 5.44. The molecular formula is C18H20O2. The molecule has 20 heavy (non-hydrogen) atoms. The summed E-state index contributed by atoms with van der Waals surface area (Å²) in [6, 6.07) is 6.48. The summed E-state index contributed by atoms with van der Waals surface area (Å²) in [5, 5.41) is 0. The van der Waals surface area contributed by atoms with E-state index in [1.807, 2.05) is 0 Å². The maximum absolute atomic E-state index is 12.0. The minimum Gasteiger partial charge on any atom is -0.497 e. The highest BCUT2D eigenvalue weighted by Gasteiger charge is 2.41. The van der Waals surface area contributed by atoms with Crippen molar-refractivity contribution in [1.82, 2.24) is 0 Å². The van der Waals surface area contributed by atoms with E-state index in [2.05, 4.69) is 18.2 Å². The molecule has 0 heterocycles. The van der Waals surface area contributed by atoms with Gasteiger partial charge in [-0.2, -0.15) is 0 Å². The van der Waals surface area contributed by atoms with Crippen LogP contribution in [0.25, 0.3) is 5.57 Å². The second kappa shape index (κ2) is 4.47. The summed E-state index contributed by atoms with van der Waals surface area (Å²) < 4.78 is 5.34. The summed E-state index contributed by atoms with van der Waals surface area (Å²) in [5.41, 5.74) is 5.99. The number of hydrogen-bond acceptors (Lipinski definition) is 2. The normalized spacial score (nSPS) is 27.9. The van der Waals surface area contributed by atoms with Crippen LogP contribution in [0.3, 0.4) is 0 Å². The molecule has 2 nitrogen and oxygen atoms in total. The molecule has 0 aromatic heterocycles. The number of hydrogen-bond donors (Lipinski definition) is 0. The zero-order valence-electron chi connectivity index (χ0n) is 11.9. The first-order valence-electron chi connectivity index (χ1n) is 7.70. The molecule has 3 aliphatic carbocycles. The lowest BCUT2D eigenvalue weighted by atomic mass is 9.70. The average molecular weight is 268 g/mol. The smallest absolute Gasteiger partial charge is 0.136 e. The fourth-order valence-electron chi connectivity index (χ4n) is 4.48. The molecule has 0 aliphatic heterocycles. The lowest BCUT2D eigenvalue weighted by Gasteiger charge is -2.34. The number of fused-ring (bicyclic) bond motifs is 4. The fourth-order valence-corrected chi connectivity index (χ4v) is 4.48. The molecule has 2 atom stereocenters. The Bertz CT molecular complexity index is 612. The quantitative estimate of drug-likeness (QED) is 0.774. The second-order valence-corrected chi connectivity index (χ2v) is 6.28. The summed E-state index contributed by atoms with van der Waals surface area (Å²) in [4.78, 5) is 12.0. The summed E-state index contributed by atoms with van der Waals surface area (Å²) >= 11 is 0. The summed E-state index contributed by atoms with van der Waals surface area (Å²) in [6.45, 7) is 0. The van der Waals surface area contributed by atoms with Gasteiger partial charge in [-0.25, -0.2) is 0 Å². The predicted octanol–water partition coefficient (Wildman–Crippen LogP) is 3.78. The Morgan fingerprint density at radius 1 is 1.05 bits per heavy atom. The fraction of sp³-hybridized carbons (Fsp3) is 0.500. The minimum absolute atomic E-state index is 0.341. The summed E-state index contributed by atoms with van der Waals surface area (Å²) in [6.07, 6.45) is 6.29. The zero-order chi connectivity index (χ0) is 13.7. The number of carbonyl (C=O) groups excluding carboxylic acids is 1. The Morgan fingerprint density at radius 2 is 1.90 bits per heavy atom. The molecule has 104 valence electrons. The Balaban J connectivity index is 1.78. The van der Waals surface area contributed by atoms with Crippen molar-refractivity contribution in [3.05, 3.63) is 34.9 Å². The lowest BCUT2D eigenvalue weighted by Crippen LogP contribution is -2.24. The molecule has 4 rings (SSSR count). The molecule has 0 N–H and O–H groups in total. The number of ether oxygens (including phenoxy) is 1. The van der Waals surface area contributed by atoms with Crippen LogP contribution in [0.2, 0.25) is 0 Å². The first-order valence-corrected chi connectivity index (χ1v) is 7.70. The Kier molecular flexibility index (Phi) is 2.73. The van der Waals surface area contributed by atoms with Crippen LogP contribution in [0, 0.1) is 11.8 Å². The summed E-state index contributed by atoms with van der Waals surface area (Å²) in [7, 11) is 1.73. The monoisotopic (exact) mass is 268 g/mol. The Morgan fingerprint density at radius 3 is 2.75 bits per heavy atom. The van der Waals surface area contributed by atoms with Crippen LogP contribution < -0.4 is 4.74 Å². The molecule has 0 saturated heterocycles. The molecule has 0 spiro atoms. The van der Waals surface area contributed by atoms with E-state index >= 15 is 0 Å². The second-order valence-electron chi connectivity index (χ2n) is 6.28. The molecule has 1 fully saturated rings. The molecule has 0 unspecified atom stereocenters. The van der Waals surface area contributed by atoms with Crippen molar-refractivity contribution in [2.45, 2.75) is 38.5 Å². The van der Waals surface area contributed by atoms with Gasteiger partial charge in [0.05, 0.1) is 7.11 Å². The van der Waals surface area contributed by atoms with Crippen LogP contribution in [0.5, 0.6) is 5.75 Å². The largest absolute Gasteiger partial charge is 0.497 e. The van der Waals surface area contributed by atoms with Gasteiger partial charge < -0.3 is 4.74 Å². The molecule has 1 saturated carbocycles. The molecule has 1 aromatic rings. The molecule has 1 aromatic carbocycles. The first-order chi connectivity index (χ1) is 9.78. The highest BCUT2D eigenvalue weighted by atomic mass is 16.5. The van der Waals surface area contributed by atoms with Crippen molar-refractivity contribution in [2.75, 3.05) is 7.11 Å². The topological polar surface area (TPSA) is 26.3 Å². The molecule has 0 radical (unpaired) electrons. The van der Waals surface area contributed by atoms with Crippen LogP contribution in [-0.2, 0) is 11.2 Å². The van der Waals surface area contributed by atoms with Crippen LogP contribution in [-0.4, -0.2) is 12.9 Å². The third-order valence-corrected chi connectivity index (χ3v) is 5.44. The average Bonchev–Trinajstić information content (AvgIpc) is 2.88. The van der Waals surface area contributed by atoms with E-state index in [1.165, 1.54) is 11.1 Å². The molecule has 0 amide bonds.